The van der Waals surface area contributed by atoms with Crippen molar-refractivity contribution in [3.63, 3.8) is 0 Å². The van der Waals surface area contributed by atoms with E-state index in [4.69, 9.17) is 9.54 Å². The molecule has 180 valence electrons. The highest BCUT2D eigenvalue weighted by Crippen LogP contribution is 2.36. The van der Waals surface area contributed by atoms with Crippen molar-refractivity contribution < 1.29 is 21.4 Å². The lowest BCUT2D eigenvalue weighted by molar-refractivity contribution is 0.489. The summed E-state index contributed by atoms with van der Waals surface area (Å²) in [7, 11) is -8.12. The molecular weight excluding hydrogens is 537 g/mol. The van der Waals surface area contributed by atoms with E-state index in [1.165, 1.54) is 39.1 Å². The molecule has 1 aromatic carbocycles. The zero-order valence-corrected chi connectivity index (χ0v) is 22.0. The van der Waals surface area contributed by atoms with Crippen LogP contribution in [0, 0.1) is 6.92 Å². The van der Waals surface area contributed by atoms with Gasteiger partial charge < -0.3 is 0 Å². The average Bonchev–Trinajstić information content (AvgIpc) is 3.48. The number of nitrogens with one attached hydrogen (secondary N) is 1. The number of aryl methyl sites for hydroxylation is 1. The predicted octanol–water partition coefficient (Wildman–Crippen LogP) is 4.60. The molecule has 14 heteroatoms. The van der Waals surface area contributed by atoms with Crippen LogP contribution in [0.5, 0.6) is 0 Å². The van der Waals surface area contributed by atoms with Crippen LogP contribution >= 0.6 is 34.0 Å². The second kappa shape index (κ2) is 9.71. The van der Waals surface area contributed by atoms with E-state index in [1.807, 2.05) is 34.5 Å². The third-order valence-electron chi connectivity index (χ3n) is 4.70. The minimum atomic E-state index is -4.39. The van der Waals surface area contributed by atoms with E-state index in [0.29, 0.717) is 11.5 Å². The molecule has 0 spiro atoms. The molecule has 0 fully saturated rings. The Morgan fingerprint density at radius 2 is 1.76 bits per heavy atom. The molecule has 0 amide bonds. The number of nitrogens with zero attached hydrogens (tertiary/aromatic N) is 3. The Balaban J connectivity index is 1.75. The minimum absolute atomic E-state index is 0.187. The summed E-state index contributed by atoms with van der Waals surface area (Å²) in [5.74, 6) is 0.324. The normalized spacial score (nSPS) is 13.0. The fourth-order valence-electron chi connectivity index (χ4n) is 3.36. The topological polar surface area (TPSA) is 130 Å². The third-order valence-corrected chi connectivity index (χ3v) is 9.01. The lowest BCUT2D eigenvalue weighted by Gasteiger charge is -2.29. The Labute approximate surface area is 209 Å². The second-order valence-corrected chi connectivity index (χ2v) is 13.2. The van der Waals surface area contributed by atoms with Crippen molar-refractivity contribution in [2.24, 2.45) is 0 Å². The first-order valence-corrected chi connectivity index (χ1v) is 15.7. The van der Waals surface area contributed by atoms with Crippen LogP contribution in [-0.4, -0.2) is 37.6 Å². The van der Waals surface area contributed by atoms with E-state index in [2.05, 4.69) is 4.98 Å². The van der Waals surface area contributed by atoms with E-state index < -0.39 is 26.4 Å². The number of sulfonamides is 1. The summed E-state index contributed by atoms with van der Waals surface area (Å²) in [4.78, 5) is 10.2. The summed E-state index contributed by atoms with van der Waals surface area (Å²) in [6.07, 6.45) is 1.41. The van der Waals surface area contributed by atoms with Gasteiger partial charge in [0.2, 0.25) is 10.0 Å². The molecule has 3 aromatic heterocycles. The van der Waals surface area contributed by atoms with Crippen molar-refractivity contribution in [1.82, 2.24) is 9.97 Å². The quantitative estimate of drug-likeness (QED) is 0.288. The Morgan fingerprint density at radius 3 is 2.32 bits per heavy atom. The monoisotopic (exact) mass is 556 g/mol. The SMILES string of the molecule is Cc1nc(N([C@@H](Cc2ccc(NS(=O)(=O)O)cc2)c2csc(-c3cccs3)n2)S(C)(=O)=O)cs1. The molecule has 3 heterocycles. The number of aromatic nitrogens is 2. The van der Waals surface area contributed by atoms with Gasteiger partial charge >= 0.3 is 10.3 Å². The second-order valence-electron chi connectivity index (χ2n) is 7.33. The molecule has 0 aliphatic carbocycles. The van der Waals surface area contributed by atoms with Crippen molar-refractivity contribution in [2.75, 3.05) is 15.3 Å². The van der Waals surface area contributed by atoms with Gasteiger partial charge in [-0.25, -0.2) is 22.7 Å². The molecule has 0 saturated carbocycles. The van der Waals surface area contributed by atoms with Crippen molar-refractivity contribution in [1.29, 1.82) is 0 Å². The molecule has 4 aromatic rings. The van der Waals surface area contributed by atoms with Crippen molar-refractivity contribution >= 4 is 65.8 Å². The van der Waals surface area contributed by atoms with Crippen molar-refractivity contribution in [3.05, 3.63) is 68.8 Å². The van der Waals surface area contributed by atoms with Crippen LogP contribution in [0.25, 0.3) is 9.88 Å². The summed E-state index contributed by atoms with van der Waals surface area (Å²) in [5, 5.41) is 7.04. The van der Waals surface area contributed by atoms with E-state index in [-0.39, 0.29) is 12.1 Å². The van der Waals surface area contributed by atoms with Gasteiger partial charge in [0, 0.05) is 10.8 Å². The van der Waals surface area contributed by atoms with E-state index in [1.54, 1.807) is 28.8 Å². The van der Waals surface area contributed by atoms with Crippen LogP contribution in [0.2, 0.25) is 0 Å². The maximum Gasteiger partial charge on any atom is 0.357 e. The first-order valence-electron chi connectivity index (χ1n) is 9.74. The van der Waals surface area contributed by atoms with Crippen molar-refractivity contribution in [2.45, 2.75) is 19.4 Å². The van der Waals surface area contributed by atoms with Gasteiger partial charge in [0.25, 0.3) is 0 Å². The maximum absolute atomic E-state index is 13.0. The molecule has 0 bridgehead atoms. The molecule has 34 heavy (non-hydrogen) atoms. The molecule has 0 radical (unpaired) electrons. The Morgan fingerprint density at radius 1 is 1.03 bits per heavy atom. The molecule has 0 aliphatic rings. The third kappa shape index (κ3) is 6.00. The van der Waals surface area contributed by atoms with E-state index in [9.17, 15) is 16.8 Å². The van der Waals surface area contributed by atoms with Crippen LogP contribution in [-0.2, 0) is 26.7 Å². The Hall–Kier alpha value is -2.36. The highest BCUT2D eigenvalue weighted by molar-refractivity contribution is 7.92. The smallest absolute Gasteiger partial charge is 0.269 e. The van der Waals surface area contributed by atoms with Crippen LogP contribution < -0.4 is 9.03 Å². The van der Waals surface area contributed by atoms with Gasteiger partial charge in [-0.1, -0.05) is 18.2 Å². The molecular formula is C20H20N4O5S5. The molecule has 4 rings (SSSR count). The maximum atomic E-state index is 13.0. The Bertz CT molecular complexity index is 1480. The number of thiazole rings is 2. The molecule has 0 aliphatic heterocycles. The van der Waals surface area contributed by atoms with Crippen LogP contribution in [0.15, 0.2) is 52.5 Å². The van der Waals surface area contributed by atoms with Crippen LogP contribution in [0.4, 0.5) is 11.5 Å². The summed E-state index contributed by atoms with van der Waals surface area (Å²) < 4.78 is 60.3. The zero-order valence-electron chi connectivity index (χ0n) is 17.9. The zero-order chi connectivity index (χ0) is 24.5. The fraction of sp³-hybridized carbons (Fsp3) is 0.200. The van der Waals surface area contributed by atoms with Gasteiger partial charge in [0.15, 0.2) is 5.82 Å². The summed E-state index contributed by atoms with van der Waals surface area (Å²) in [5.41, 5.74) is 1.52. The van der Waals surface area contributed by atoms with Gasteiger partial charge in [-0.15, -0.1) is 34.0 Å². The van der Waals surface area contributed by atoms with E-state index in [0.717, 1.165) is 26.7 Å². The lowest BCUT2D eigenvalue weighted by atomic mass is 10.0. The number of anilines is 2. The fourth-order valence-corrected chi connectivity index (χ4v) is 7.20. The number of hydrogen-bond donors (Lipinski definition) is 2. The number of benzene rings is 1. The lowest BCUT2D eigenvalue weighted by Crippen LogP contribution is -2.36. The van der Waals surface area contributed by atoms with Crippen LogP contribution in [0.1, 0.15) is 22.3 Å². The van der Waals surface area contributed by atoms with Crippen LogP contribution in [0.3, 0.4) is 0 Å². The van der Waals surface area contributed by atoms with Gasteiger partial charge in [-0.05, 0) is 42.5 Å². The first kappa shape index (κ1) is 24.8. The average molecular weight is 557 g/mol. The molecule has 1 atom stereocenters. The van der Waals surface area contributed by atoms with Gasteiger partial charge in [0.05, 0.1) is 33.6 Å². The van der Waals surface area contributed by atoms with Gasteiger partial charge in [0.1, 0.15) is 5.01 Å². The predicted molar refractivity (Wildman–Crippen MR) is 138 cm³/mol. The molecule has 0 saturated heterocycles. The van der Waals surface area contributed by atoms with Gasteiger partial charge in [-0.3, -0.25) is 9.27 Å². The van der Waals surface area contributed by atoms with Gasteiger partial charge in [-0.2, -0.15) is 8.42 Å². The van der Waals surface area contributed by atoms with Crippen molar-refractivity contribution in [3.8, 4) is 9.88 Å². The Kier molecular flexibility index (Phi) is 7.07. The number of thiophene rings is 1. The highest BCUT2D eigenvalue weighted by Gasteiger charge is 2.32. The largest absolute Gasteiger partial charge is 0.357 e. The standard InChI is InChI=1S/C20H20N4O5S5/c1-13-21-19(12-31-13)24(33(2,25)26)17(16-11-32-20(22-16)18-4-3-9-30-18)10-14-5-7-15(8-6-14)23-34(27,28)29/h3-9,11-12,17,23H,10H2,1-2H3,(H,27,28,29)/t17-/m0/s1. The molecule has 2 N–H and O–H groups in total. The van der Waals surface area contributed by atoms with E-state index >= 15 is 0 Å². The summed E-state index contributed by atoms with van der Waals surface area (Å²) in [6, 6.07) is 9.54. The highest BCUT2D eigenvalue weighted by atomic mass is 32.2. The molecule has 9 nitrogen and oxygen atoms in total. The molecule has 0 unspecified atom stereocenters. The summed E-state index contributed by atoms with van der Waals surface area (Å²) >= 11 is 4.35. The summed E-state index contributed by atoms with van der Waals surface area (Å²) in [6.45, 7) is 1.81. The number of hydrogen-bond acceptors (Lipinski definition) is 9. The number of rotatable bonds is 9. The first-order chi connectivity index (χ1) is 16.0. The minimum Gasteiger partial charge on any atom is -0.269 e.